The largest absolute Gasteiger partial charge is 0.370 e. The first-order valence-electron chi connectivity index (χ1n) is 10.2. The monoisotopic (exact) mass is 450 g/mol. The van der Waals surface area contributed by atoms with E-state index in [4.69, 9.17) is 16.9 Å². The number of nitriles is 1. The Balaban J connectivity index is 1.68. The molecule has 1 heterocycles. The number of carbonyl (C=O) groups is 1. The summed E-state index contributed by atoms with van der Waals surface area (Å²) in [6.45, 7) is 1.04. The average molecular weight is 451 g/mol. The van der Waals surface area contributed by atoms with Crippen LogP contribution in [0.3, 0.4) is 0 Å². The van der Waals surface area contributed by atoms with Gasteiger partial charge in [-0.05, 0) is 38.0 Å². The molecule has 1 aromatic rings. The maximum atomic E-state index is 13.5. The van der Waals surface area contributed by atoms with Crippen molar-refractivity contribution >= 4 is 28.9 Å². The first-order valence-corrected chi connectivity index (χ1v) is 10.5. The van der Waals surface area contributed by atoms with Crippen LogP contribution in [0, 0.1) is 11.3 Å². The molecule has 1 aromatic carbocycles. The second kappa shape index (κ2) is 9.43. The summed E-state index contributed by atoms with van der Waals surface area (Å²) in [7, 11) is 0. The molecule has 0 radical (unpaired) electrons. The normalized spacial score (nSPS) is 20.0. The quantitative estimate of drug-likeness (QED) is 0.566. The van der Waals surface area contributed by atoms with Crippen LogP contribution >= 0.6 is 11.6 Å². The number of nitrogens with zero attached hydrogens (tertiary/aromatic N) is 3. The van der Waals surface area contributed by atoms with Crippen LogP contribution < -0.4 is 5.32 Å². The van der Waals surface area contributed by atoms with Gasteiger partial charge in [-0.1, -0.05) is 23.7 Å². The van der Waals surface area contributed by atoms with Crippen molar-refractivity contribution < 1.29 is 18.7 Å². The lowest BCUT2D eigenvalue weighted by Gasteiger charge is -2.33. The summed E-state index contributed by atoms with van der Waals surface area (Å²) in [4.78, 5) is 18.2. The molecule has 1 fully saturated rings. The molecule has 6 nitrogen and oxygen atoms in total. The van der Waals surface area contributed by atoms with Crippen LogP contribution in [0.15, 0.2) is 35.3 Å². The molecule has 3 rings (SSSR count). The molecule has 1 saturated carbocycles. The lowest BCUT2D eigenvalue weighted by atomic mass is 10.1. The molecule has 2 aliphatic rings. The number of aliphatic hydroxyl groups is 1. The second-order valence-electron chi connectivity index (χ2n) is 8.10. The third-order valence-electron chi connectivity index (χ3n) is 5.35. The number of halogens is 3. The van der Waals surface area contributed by atoms with Gasteiger partial charge in [0.25, 0.3) is 0 Å². The first-order chi connectivity index (χ1) is 14.6. The third kappa shape index (κ3) is 6.57. The predicted octanol–water partition coefficient (Wildman–Crippen LogP) is 3.75. The van der Waals surface area contributed by atoms with E-state index in [9.17, 15) is 18.7 Å². The van der Waals surface area contributed by atoms with E-state index in [1.165, 1.54) is 11.0 Å². The van der Waals surface area contributed by atoms with Gasteiger partial charge in [0.2, 0.25) is 5.92 Å². The molecule has 0 saturated heterocycles. The number of nitrogens with one attached hydrogen (secondary N) is 1. The highest BCUT2D eigenvalue weighted by molar-refractivity contribution is 6.30. The zero-order valence-corrected chi connectivity index (χ0v) is 18.0. The summed E-state index contributed by atoms with van der Waals surface area (Å²) in [5.74, 6) is -2.70. The van der Waals surface area contributed by atoms with Crippen LogP contribution in [0.1, 0.15) is 44.6 Å². The Kier molecular flexibility index (Phi) is 7.10. The molecule has 1 unspecified atom stereocenters. The Morgan fingerprint density at radius 3 is 2.68 bits per heavy atom. The van der Waals surface area contributed by atoms with Crippen LogP contribution in [0.2, 0.25) is 5.02 Å². The number of aliphatic hydroxyl groups excluding tert-OH is 1. The van der Waals surface area contributed by atoms with Gasteiger partial charge in [-0.25, -0.2) is 13.8 Å². The summed E-state index contributed by atoms with van der Waals surface area (Å²) < 4.78 is 27.0. The Hall–Kier alpha value is -2.34. The molecule has 0 bridgehead atoms. The van der Waals surface area contributed by atoms with Crippen molar-refractivity contribution in [3.8, 4) is 6.07 Å². The maximum Gasteiger partial charge on any atom is 0.245 e. The van der Waals surface area contributed by atoms with Crippen LogP contribution in [-0.2, 0) is 4.79 Å². The fourth-order valence-electron chi connectivity index (χ4n) is 3.25. The number of Topliss-reactive ketones (excluding diaryl/α,β-unsaturated/α-hetero) is 1. The standard InChI is InChI=1S/C22H25ClF2N4O2/c1-21(24,25)8-6-19-28-18(15-2-4-16(23)5-3-15)12-20(31)29(19)11-7-17(30)13-27-22(14-26)9-10-22/h2-5,12,20,27,31H,6-11,13H2,1H3. The topological polar surface area (TPSA) is 88.7 Å². The molecule has 1 atom stereocenters. The van der Waals surface area contributed by atoms with Crippen LogP contribution in [-0.4, -0.2) is 52.4 Å². The highest BCUT2D eigenvalue weighted by Crippen LogP contribution is 2.34. The minimum absolute atomic E-state index is 0.0462. The Labute approximate surface area is 185 Å². The van der Waals surface area contributed by atoms with E-state index in [1.807, 2.05) is 0 Å². The zero-order valence-electron chi connectivity index (χ0n) is 17.2. The van der Waals surface area contributed by atoms with Gasteiger partial charge in [-0.3, -0.25) is 10.1 Å². The van der Waals surface area contributed by atoms with E-state index in [-0.39, 0.29) is 31.7 Å². The highest BCUT2D eigenvalue weighted by Gasteiger charge is 2.42. The lowest BCUT2D eigenvalue weighted by Crippen LogP contribution is -2.44. The number of rotatable bonds is 10. The van der Waals surface area contributed by atoms with Crippen molar-refractivity contribution in [2.75, 3.05) is 13.1 Å². The molecule has 0 aromatic heterocycles. The molecule has 1 aliphatic heterocycles. The zero-order chi connectivity index (χ0) is 22.6. The highest BCUT2D eigenvalue weighted by atomic mass is 35.5. The number of benzene rings is 1. The van der Waals surface area contributed by atoms with E-state index in [1.54, 1.807) is 24.3 Å². The Morgan fingerprint density at radius 1 is 1.42 bits per heavy atom. The van der Waals surface area contributed by atoms with Gasteiger partial charge in [0, 0.05) is 36.4 Å². The fourth-order valence-corrected chi connectivity index (χ4v) is 3.38. The van der Waals surface area contributed by atoms with Crippen LogP contribution in [0.4, 0.5) is 8.78 Å². The number of ketones is 1. The Morgan fingerprint density at radius 2 is 2.10 bits per heavy atom. The summed E-state index contributed by atoms with van der Waals surface area (Å²) in [5.41, 5.74) is 0.582. The molecule has 0 spiro atoms. The van der Waals surface area contributed by atoms with Crippen molar-refractivity contribution in [3.05, 3.63) is 40.9 Å². The van der Waals surface area contributed by atoms with Gasteiger partial charge in [-0.15, -0.1) is 0 Å². The average Bonchev–Trinajstić information content (AvgIpc) is 3.50. The summed E-state index contributed by atoms with van der Waals surface area (Å²) in [5, 5.41) is 23.2. The van der Waals surface area contributed by atoms with Crippen molar-refractivity contribution in [1.82, 2.24) is 10.2 Å². The molecule has 1 aliphatic carbocycles. The van der Waals surface area contributed by atoms with E-state index >= 15 is 0 Å². The van der Waals surface area contributed by atoms with E-state index < -0.39 is 24.1 Å². The minimum atomic E-state index is -2.88. The number of carbonyl (C=O) groups excluding carboxylic acids is 1. The number of aliphatic imine (C=N–C) groups is 1. The molecule has 2 N–H and O–H groups in total. The van der Waals surface area contributed by atoms with Crippen molar-refractivity contribution in [3.63, 3.8) is 0 Å². The van der Waals surface area contributed by atoms with Gasteiger partial charge in [0.15, 0.2) is 0 Å². The van der Waals surface area contributed by atoms with Gasteiger partial charge in [-0.2, -0.15) is 5.26 Å². The van der Waals surface area contributed by atoms with Gasteiger partial charge < -0.3 is 10.0 Å². The van der Waals surface area contributed by atoms with E-state index in [0.29, 0.717) is 22.1 Å². The van der Waals surface area contributed by atoms with Crippen LogP contribution in [0.5, 0.6) is 0 Å². The molecule has 31 heavy (non-hydrogen) atoms. The minimum Gasteiger partial charge on any atom is -0.370 e. The van der Waals surface area contributed by atoms with Crippen LogP contribution in [0.25, 0.3) is 5.70 Å². The summed E-state index contributed by atoms with van der Waals surface area (Å²) in [6, 6.07) is 9.01. The van der Waals surface area contributed by atoms with Crippen molar-refractivity contribution in [1.29, 1.82) is 5.26 Å². The predicted molar refractivity (Wildman–Crippen MR) is 115 cm³/mol. The number of amidine groups is 1. The van der Waals surface area contributed by atoms with Gasteiger partial charge >= 0.3 is 0 Å². The molecule has 0 amide bonds. The van der Waals surface area contributed by atoms with E-state index in [0.717, 1.165) is 19.8 Å². The third-order valence-corrected chi connectivity index (χ3v) is 5.61. The SMILES string of the molecule is CC(F)(F)CCC1=NC(c2ccc(Cl)cc2)=CC(O)N1CCC(=O)CNC1(C#N)CC1. The van der Waals surface area contributed by atoms with Gasteiger partial charge in [0.1, 0.15) is 23.4 Å². The first kappa shape index (κ1) is 23.3. The van der Waals surface area contributed by atoms with Crippen molar-refractivity contribution in [2.45, 2.75) is 56.7 Å². The summed E-state index contributed by atoms with van der Waals surface area (Å²) in [6.07, 6.45) is 1.49. The maximum absolute atomic E-state index is 13.5. The second-order valence-corrected chi connectivity index (χ2v) is 8.54. The molecule has 166 valence electrons. The number of hydrogen-bond donors (Lipinski definition) is 2. The lowest BCUT2D eigenvalue weighted by molar-refractivity contribution is -0.118. The molecule has 9 heteroatoms. The summed E-state index contributed by atoms with van der Waals surface area (Å²) >= 11 is 5.92. The van der Waals surface area contributed by atoms with Gasteiger partial charge in [0.05, 0.1) is 18.3 Å². The number of alkyl halides is 2. The van der Waals surface area contributed by atoms with E-state index in [2.05, 4.69) is 16.4 Å². The number of hydrogen-bond acceptors (Lipinski definition) is 6. The van der Waals surface area contributed by atoms with Crippen molar-refractivity contribution in [2.24, 2.45) is 4.99 Å². The Bertz CT molecular complexity index is 915. The molecular formula is C22H25ClF2N4O2. The smallest absolute Gasteiger partial charge is 0.245 e. The fraction of sp³-hybridized carbons (Fsp3) is 0.500. The molecular weight excluding hydrogens is 426 g/mol.